The number of para-hydroxylation sites is 1. The van der Waals surface area contributed by atoms with E-state index in [1.54, 1.807) is 12.1 Å². The van der Waals surface area contributed by atoms with E-state index in [1.807, 2.05) is 12.1 Å². The average Bonchev–Trinajstić information content (AvgIpc) is 2.38. The molecular formula is C13H19N3O2. The maximum absolute atomic E-state index is 10.9. The molecule has 0 aromatic heterocycles. The Bertz CT molecular complexity index is 422. The number of benzene rings is 1. The largest absolute Gasteiger partial charge is 0.314 e. The maximum atomic E-state index is 10.9. The van der Waals surface area contributed by atoms with Gasteiger partial charge in [-0.15, -0.1) is 0 Å². The topological polar surface area (TPSA) is 58.4 Å². The van der Waals surface area contributed by atoms with Crippen LogP contribution in [0.15, 0.2) is 24.3 Å². The van der Waals surface area contributed by atoms with Crippen LogP contribution in [0.3, 0.4) is 0 Å². The molecule has 1 N–H and O–H groups in total. The SMILES string of the molecule is C[C@@H]1CNCCN1CCc1ccccc1[N+](=O)[O-]. The van der Waals surface area contributed by atoms with E-state index in [9.17, 15) is 10.1 Å². The number of nitro groups is 1. The van der Waals surface area contributed by atoms with Crippen LogP contribution in [0, 0.1) is 10.1 Å². The third kappa shape index (κ3) is 3.05. The normalized spacial score (nSPS) is 20.8. The Balaban J connectivity index is 1.99. The van der Waals surface area contributed by atoms with Gasteiger partial charge < -0.3 is 5.32 Å². The Morgan fingerprint density at radius 2 is 2.28 bits per heavy atom. The van der Waals surface area contributed by atoms with Gasteiger partial charge in [0.05, 0.1) is 4.92 Å². The van der Waals surface area contributed by atoms with Gasteiger partial charge in [-0.05, 0) is 13.3 Å². The van der Waals surface area contributed by atoms with E-state index >= 15 is 0 Å². The molecule has 0 spiro atoms. The third-order valence-corrected chi connectivity index (χ3v) is 3.50. The minimum atomic E-state index is -0.295. The zero-order valence-corrected chi connectivity index (χ0v) is 10.6. The smallest absolute Gasteiger partial charge is 0.272 e. The third-order valence-electron chi connectivity index (χ3n) is 3.50. The summed E-state index contributed by atoms with van der Waals surface area (Å²) in [4.78, 5) is 13.0. The van der Waals surface area contributed by atoms with Crippen LogP contribution >= 0.6 is 0 Å². The Morgan fingerprint density at radius 1 is 1.50 bits per heavy atom. The summed E-state index contributed by atoms with van der Waals surface area (Å²) < 4.78 is 0. The van der Waals surface area contributed by atoms with Crippen molar-refractivity contribution in [3.05, 3.63) is 39.9 Å². The number of hydrogen-bond donors (Lipinski definition) is 1. The summed E-state index contributed by atoms with van der Waals surface area (Å²) in [5.41, 5.74) is 1.06. The van der Waals surface area contributed by atoms with Gasteiger partial charge in [0.1, 0.15) is 0 Å². The van der Waals surface area contributed by atoms with Gasteiger partial charge in [0.15, 0.2) is 0 Å². The molecule has 98 valence electrons. The summed E-state index contributed by atoms with van der Waals surface area (Å²) in [5.74, 6) is 0. The molecule has 0 aliphatic carbocycles. The highest BCUT2D eigenvalue weighted by Crippen LogP contribution is 2.18. The van der Waals surface area contributed by atoms with Crippen LogP contribution in [0.5, 0.6) is 0 Å². The number of rotatable bonds is 4. The molecule has 0 amide bonds. The van der Waals surface area contributed by atoms with E-state index in [0.717, 1.165) is 38.2 Å². The molecule has 0 bridgehead atoms. The second kappa shape index (κ2) is 5.93. The highest BCUT2D eigenvalue weighted by atomic mass is 16.6. The molecule has 1 aromatic rings. The molecule has 0 unspecified atom stereocenters. The van der Waals surface area contributed by atoms with Gasteiger partial charge >= 0.3 is 0 Å². The standard InChI is InChI=1S/C13H19N3O2/c1-11-10-14-7-9-15(11)8-6-12-4-2-3-5-13(12)16(17)18/h2-5,11,14H,6-10H2,1H3/t11-/m1/s1. The van der Waals surface area contributed by atoms with Crippen molar-refractivity contribution in [3.63, 3.8) is 0 Å². The van der Waals surface area contributed by atoms with Crippen LogP contribution in [-0.2, 0) is 6.42 Å². The Kier molecular flexibility index (Phi) is 4.28. The summed E-state index contributed by atoms with van der Waals surface area (Å²) in [6, 6.07) is 7.52. The van der Waals surface area contributed by atoms with Crippen LogP contribution in [0.4, 0.5) is 5.69 Å². The van der Waals surface area contributed by atoms with Crippen molar-refractivity contribution in [2.24, 2.45) is 0 Å². The zero-order chi connectivity index (χ0) is 13.0. The summed E-state index contributed by atoms with van der Waals surface area (Å²) in [6.07, 6.45) is 0.738. The first-order valence-electron chi connectivity index (χ1n) is 6.35. The first-order valence-corrected chi connectivity index (χ1v) is 6.35. The van der Waals surface area contributed by atoms with Gasteiger partial charge in [-0.3, -0.25) is 15.0 Å². The predicted octanol–water partition coefficient (Wildman–Crippen LogP) is 1.43. The molecule has 2 rings (SSSR count). The van der Waals surface area contributed by atoms with Crippen molar-refractivity contribution in [1.29, 1.82) is 0 Å². The maximum Gasteiger partial charge on any atom is 0.272 e. The Labute approximate surface area is 107 Å². The zero-order valence-electron chi connectivity index (χ0n) is 10.6. The van der Waals surface area contributed by atoms with Gasteiger partial charge in [0, 0.05) is 43.9 Å². The van der Waals surface area contributed by atoms with Gasteiger partial charge in [-0.25, -0.2) is 0 Å². The van der Waals surface area contributed by atoms with Crippen LogP contribution in [0.25, 0.3) is 0 Å². The van der Waals surface area contributed by atoms with Crippen LogP contribution in [-0.4, -0.2) is 42.0 Å². The molecule has 1 aliphatic rings. The van der Waals surface area contributed by atoms with Crippen molar-refractivity contribution >= 4 is 5.69 Å². The van der Waals surface area contributed by atoms with Gasteiger partial charge in [-0.2, -0.15) is 0 Å². The average molecular weight is 249 g/mol. The predicted molar refractivity (Wildman–Crippen MR) is 70.7 cm³/mol. The second-order valence-electron chi connectivity index (χ2n) is 4.72. The second-order valence-corrected chi connectivity index (χ2v) is 4.72. The first kappa shape index (κ1) is 13.0. The lowest BCUT2D eigenvalue weighted by atomic mass is 10.1. The Morgan fingerprint density at radius 3 is 3.00 bits per heavy atom. The molecule has 18 heavy (non-hydrogen) atoms. The lowest BCUT2D eigenvalue weighted by molar-refractivity contribution is -0.385. The number of hydrogen-bond acceptors (Lipinski definition) is 4. The van der Waals surface area contributed by atoms with Crippen LogP contribution < -0.4 is 5.32 Å². The van der Waals surface area contributed by atoms with Crippen molar-refractivity contribution < 1.29 is 4.92 Å². The molecule has 1 heterocycles. The molecule has 5 heteroatoms. The summed E-state index contributed by atoms with van der Waals surface area (Å²) in [5, 5.41) is 14.3. The van der Waals surface area contributed by atoms with Crippen molar-refractivity contribution in [1.82, 2.24) is 10.2 Å². The molecule has 0 radical (unpaired) electrons. The van der Waals surface area contributed by atoms with Crippen molar-refractivity contribution in [2.75, 3.05) is 26.2 Å². The van der Waals surface area contributed by atoms with E-state index in [0.29, 0.717) is 6.04 Å². The van der Waals surface area contributed by atoms with Crippen LogP contribution in [0.1, 0.15) is 12.5 Å². The van der Waals surface area contributed by atoms with Crippen molar-refractivity contribution in [3.8, 4) is 0 Å². The Hall–Kier alpha value is -1.46. The van der Waals surface area contributed by atoms with E-state index < -0.39 is 0 Å². The van der Waals surface area contributed by atoms with Crippen LogP contribution in [0.2, 0.25) is 0 Å². The highest BCUT2D eigenvalue weighted by Gasteiger charge is 2.19. The molecule has 1 aliphatic heterocycles. The number of piperazine rings is 1. The number of nitrogens with zero attached hydrogens (tertiary/aromatic N) is 2. The lowest BCUT2D eigenvalue weighted by Gasteiger charge is -2.33. The summed E-state index contributed by atoms with van der Waals surface area (Å²) in [7, 11) is 0. The van der Waals surface area contributed by atoms with Gasteiger partial charge in [-0.1, -0.05) is 18.2 Å². The van der Waals surface area contributed by atoms with E-state index in [4.69, 9.17) is 0 Å². The monoisotopic (exact) mass is 249 g/mol. The molecule has 1 saturated heterocycles. The summed E-state index contributed by atoms with van der Waals surface area (Å²) in [6.45, 7) is 6.08. The fraction of sp³-hybridized carbons (Fsp3) is 0.538. The minimum absolute atomic E-state index is 0.236. The van der Waals surface area contributed by atoms with Gasteiger partial charge in [0.25, 0.3) is 5.69 Å². The fourth-order valence-corrected chi connectivity index (χ4v) is 2.38. The molecule has 1 aromatic carbocycles. The van der Waals surface area contributed by atoms with E-state index in [1.165, 1.54) is 0 Å². The van der Waals surface area contributed by atoms with Crippen molar-refractivity contribution in [2.45, 2.75) is 19.4 Å². The fourth-order valence-electron chi connectivity index (χ4n) is 2.38. The molecule has 1 fully saturated rings. The molecule has 1 atom stereocenters. The van der Waals surface area contributed by atoms with E-state index in [-0.39, 0.29) is 10.6 Å². The molecule has 0 saturated carbocycles. The molecule has 5 nitrogen and oxygen atoms in total. The molecular weight excluding hydrogens is 230 g/mol. The lowest BCUT2D eigenvalue weighted by Crippen LogP contribution is -2.50. The summed E-state index contributed by atoms with van der Waals surface area (Å²) >= 11 is 0. The number of nitrogens with one attached hydrogen (secondary N) is 1. The van der Waals surface area contributed by atoms with Gasteiger partial charge in [0.2, 0.25) is 0 Å². The number of nitro benzene ring substituents is 1. The quantitative estimate of drug-likeness (QED) is 0.648. The first-order chi connectivity index (χ1) is 8.68. The van der Waals surface area contributed by atoms with E-state index in [2.05, 4.69) is 17.1 Å². The highest BCUT2D eigenvalue weighted by molar-refractivity contribution is 5.39. The minimum Gasteiger partial charge on any atom is -0.314 e.